The first-order valence-electron chi connectivity index (χ1n) is 9.38. The number of carboxylic acids is 2. The molecule has 0 saturated carbocycles. The molecule has 1 aromatic carbocycles. The Bertz CT molecular complexity index is 1180. The van der Waals surface area contributed by atoms with E-state index in [9.17, 15) is 18.8 Å². The van der Waals surface area contributed by atoms with Crippen LogP contribution < -0.4 is 0 Å². The molecule has 0 atom stereocenters. The van der Waals surface area contributed by atoms with Gasteiger partial charge in [0.15, 0.2) is 0 Å². The van der Waals surface area contributed by atoms with Crippen molar-refractivity contribution >= 4 is 28.7 Å². The maximum atomic E-state index is 13.5. The molecule has 1 aliphatic rings. The van der Waals surface area contributed by atoms with E-state index in [1.54, 1.807) is 12.4 Å². The maximum absolute atomic E-state index is 13.5. The molecule has 10 heteroatoms. The number of aromatic nitrogens is 3. The first-order valence-corrected chi connectivity index (χ1v) is 9.38. The van der Waals surface area contributed by atoms with Gasteiger partial charge >= 0.3 is 11.9 Å². The number of benzene rings is 1. The van der Waals surface area contributed by atoms with Gasteiger partial charge in [0.2, 0.25) is 0 Å². The van der Waals surface area contributed by atoms with E-state index in [1.165, 1.54) is 12.1 Å². The number of amides is 1. The molecule has 9 nitrogen and oxygen atoms in total. The molecule has 3 aromatic rings. The van der Waals surface area contributed by atoms with Gasteiger partial charge in [-0.3, -0.25) is 4.79 Å². The highest BCUT2D eigenvalue weighted by atomic mass is 19.1. The summed E-state index contributed by atoms with van der Waals surface area (Å²) in [4.78, 5) is 41.2. The van der Waals surface area contributed by atoms with Crippen LogP contribution >= 0.6 is 0 Å². The molecule has 0 radical (unpaired) electrons. The average Bonchev–Trinajstić information content (AvgIpc) is 3.24. The first-order chi connectivity index (χ1) is 14.7. The van der Waals surface area contributed by atoms with Crippen LogP contribution in [0.15, 0.2) is 36.7 Å². The molecule has 1 aliphatic heterocycles. The Labute approximate surface area is 176 Å². The van der Waals surface area contributed by atoms with Gasteiger partial charge in [0.1, 0.15) is 5.82 Å². The van der Waals surface area contributed by atoms with Crippen LogP contribution in [-0.2, 0) is 29.6 Å². The molecule has 4 rings (SSSR count). The highest BCUT2D eigenvalue weighted by Crippen LogP contribution is 2.31. The van der Waals surface area contributed by atoms with Crippen LogP contribution in [0.3, 0.4) is 0 Å². The Hall–Kier alpha value is -3.95. The number of halogens is 1. The predicted octanol–water partition coefficient (Wildman–Crippen LogP) is 2.26. The van der Waals surface area contributed by atoms with E-state index < -0.39 is 11.9 Å². The topological polar surface area (TPSA) is 129 Å². The summed E-state index contributed by atoms with van der Waals surface area (Å²) in [6.45, 7) is 3.08. The maximum Gasteiger partial charge on any atom is 0.328 e. The minimum absolute atomic E-state index is 0.00846. The summed E-state index contributed by atoms with van der Waals surface area (Å²) in [5.74, 6) is -2.81. The summed E-state index contributed by atoms with van der Waals surface area (Å²) in [7, 11) is 1.89. The number of hydrogen-bond donors (Lipinski definition) is 3. The normalized spacial score (nSPS) is 13.3. The van der Waals surface area contributed by atoms with Gasteiger partial charge in [-0.05, 0) is 25.1 Å². The van der Waals surface area contributed by atoms with Gasteiger partial charge in [0.25, 0.3) is 5.91 Å². The molecule has 3 heterocycles. The number of aliphatic carboxylic acids is 2. The molecule has 0 unspecified atom stereocenters. The van der Waals surface area contributed by atoms with Gasteiger partial charge in [-0.25, -0.2) is 19.0 Å². The highest BCUT2D eigenvalue weighted by Gasteiger charge is 2.30. The number of aryl methyl sites for hydroxylation is 2. The molecule has 31 heavy (non-hydrogen) atoms. The smallest absolute Gasteiger partial charge is 0.328 e. The third-order valence-electron chi connectivity index (χ3n) is 5.05. The van der Waals surface area contributed by atoms with Crippen LogP contribution in [0.4, 0.5) is 4.39 Å². The van der Waals surface area contributed by atoms with Gasteiger partial charge in [-0.2, -0.15) is 0 Å². The summed E-state index contributed by atoms with van der Waals surface area (Å²) < 4.78 is 15.5. The Balaban J connectivity index is 0.000000293. The number of carboxylic acid groups (broad SMARTS) is 2. The lowest BCUT2D eigenvalue weighted by Gasteiger charge is -2.27. The van der Waals surface area contributed by atoms with E-state index in [1.807, 2.05) is 23.4 Å². The number of nitrogens with one attached hydrogen (secondary N) is 1. The molecule has 1 amide bonds. The number of H-pyrrole nitrogens is 1. The number of fused-ring (bicyclic) bond motifs is 3. The van der Waals surface area contributed by atoms with Crippen molar-refractivity contribution in [3.05, 3.63) is 65.1 Å². The fraction of sp³-hybridized carbons (Fsp3) is 0.238. The Kier molecular flexibility index (Phi) is 6.19. The van der Waals surface area contributed by atoms with Crippen molar-refractivity contribution in [2.45, 2.75) is 19.9 Å². The van der Waals surface area contributed by atoms with E-state index in [0.29, 0.717) is 30.8 Å². The van der Waals surface area contributed by atoms with E-state index in [-0.39, 0.29) is 11.7 Å². The van der Waals surface area contributed by atoms with Crippen LogP contribution in [0.1, 0.15) is 27.4 Å². The van der Waals surface area contributed by atoms with Crippen molar-refractivity contribution < 1.29 is 29.0 Å². The largest absolute Gasteiger partial charge is 0.478 e. The fourth-order valence-electron chi connectivity index (χ4n) is 3.51. The van der Waals surface area contributed by atoms with Gasteiger partial charge in [0, 0.05) is 48.9 Å². The van der Waals surface area contributed by atoms with Gasteiger partial charge in [-0.1, -0.05) is 0 Å². The number of rotatable bonds is 4. The van der Waals surface area contributed by atoms with E-state index >= 15 is 0 Å². The van der Waals surface area contributed by atoms with Gasteiger partial charge in [-0.15, -0.1) is 0 Å². The molecular weight excluding hydrogens is 407 g/mol. The lowest BCUT2D eigenvalue weighted by atomic mass is 10.0. The predicted molar refractivity (Wildman–Crippen MR) is 109 cm³/mol. The number of imidazole rings is 1. The van der Waals surface area contributed by atoms with E-state index in [4.69, 9.17) is 10.2 Å². The number of hydrogen-bond acceptors (Lipinski definition) is 4. The Morgan fingerprint density at radius 1 is 1.26 bits per heavy atom. The molecule has 0 spiro atoms. The van der Waals surface area contributed by atoms with Crippen LogP contribution in [0.25, 0.3) is 10.9 Å². The molecular formula is C21H21FN4O5. The second kappa shape index (κ2) is 8.82. The lowest BCUT2D eigenvalue weighted by Crippen LogP contribution is -2.37. The minimum Gasteiger partial charge on any atom is -0.478 e. The quantitative estimate of drug-likeness (QED) is 0.547. The summed E-state index contributed by atoms with van der Waals surface area (Å²) in [6.07, 6.45) is 3.52. The summed E-state index contributed by atoms with van der Waals surface area (Å²) in [6, 6.07) is 4.60. The van der Waals surface area contributed by atoms with Crippen LogP contribution in [0.5, 0.6) is 0 Å². The Morgan fingerprint density at radius 2 is 1.94 bits per heavy atom. The average molecular weight is 428 g/mol. The number of nitrogens with zero attached hydrogens (tertiary/aromatic N) is 3. The lowest BCUT2D eigenvalue weighted by molar-refractivity contribution is -0.134. The summed E-state index contributed by atoms with van der Waals surface area (Å²) in [5, 5.41) is 16.4. The van der Waals surface area contributed by atoms with Crippen molar-refractivity contribution in [3.63, 3.8) is 0 Å². The molecule has 0 aliphatic carbocycles. The summed E-state index contributed by atoms with van der Waals surface area (Å²) in [5.41, 5.74) is 4.30. The third-order valence-corrected chi connectivity index (χ3v) is 5.05. The monoisotopic (exact) mass is 428 g/mol. The number of carbonyl (C=O) groups is 3. The Morgan fingerprint density at radius 3 is 2.52 bits per heavy atom. The van der Waals surface area contributed by atoms with E-state index in [0.717, 1.165) is 34.4 Å². The van der Waals surface area contributed by atoms with Crippen molar-refractivity contribution in [2.75, 3.05) is 6.54 Å². The first kappa shape index (κ1) is 21.8. The SMILES string of the molecule is Cc1[nH]cnc1CN1CCc2c(c3ccc(F)cc3n2C)C1=O.O=C(O)/C=C\C(=O)O. The third kappa shape index (κ3) is 4.63. The fourth-order valence-corrected chi connectivity index (χ4v) is 3.51. The van der Waals surface area contributed by atoms with Crippen LogP contribution in [0.2, 0.25) is 0 Å². The second-order valence-corrected chi connectivity index (χ2v) is 7.00. The molecule has 2 aromatic heterocycles. The van der Waals surface area contributed by atoms with E-state index in [2.05, 4.69) is 9.97 Å². The number of aromatic amines is 1. The molecule has 3 N–H and O–H groups in total. The molecule has 0 bridgehead atoms. The molecule has 162 valence electrons. The number of carbonyl (C=O) groups excluding carboxylic acids is 1. The van der Waals surface area contributed by atoms with Crippen molar-refractivity contribution in [1.29, 1.82) is 0 Å². The van der Waals surface area contributed by atoms with Crippen molar-refractivity contribution in [3.8, 4) is 0 Å². The van der Waals surface area contributed by atoms with Gasteiger partial charge < -0.3 is 24.7 Å². The zero-order valence-electron chi connectivity index (χ0n) is 16.9. The molecule has 0 saturated heterocycles. The summed E-state index contributed by atoms with van der Waals surface area (Å²) >= 11 is 0. The zero-order valence-corrected chi connectivity index (χ0v) is 16.9. The highest BCUT2D eigenvalue weighted by molar-refractivity contribution is 6.09. The molecule has 0 fully saturated rings. The second-order valence-electron chi connectivity index (χ2n) is 7.00. The van der Waals surface area contributed by atoms with Crippen molar-refractivity contribution in [1.82, 2.24) is 19.4 Å². The van der Waals surface area contributed by atoms with Crippen LogP contribution in [0, 0.1) is 12.7 Å². The van der Waals surface area contributed by atoms with Crippen LogP contribution in [-0.4, -0.2) is 54.0 Å². The standard InChI is InChI=1S/C17H17FN4O.C4H4O4/c1-10-13(20-9-19-10)8-22-6-5-14-16(17(22)23)12-4-3-11(18)7-15(12)21(14)2;5-3(6)1-2-4(7)8/h3-4,7,9H,5-6,8H2,1-2H3,(H,19,20);1-2H,(H,5,6)(H,7,8)/b;2-1-. The zero-order chi connectivity index (χ0) is 22.7. The minimum atomic E-state index is -1.26. The van der Waals surface area contributed by atoms with Crippen molar-refractivity contribution in [2.24, 2.45) is 7.05 Å². The van der Waals surface area contributed by atoms with Gasteiger partial charge in [0.05, 0.1) is 29.6 Å².